The molecule has 0 fully saturated rings. The first kappa shape index (κ1) is 12.4. The number of benzene rings is 2. The fourth-order valence-electron chi connectivity index (χ4n) is 2.03. The number of nitrogens with zero attached hydrogens (tertiary/aromatic N) is 2. The van der Waals surface area contributed by atoms with E-state index in [9.17, 15) is 13.2 Å². The quantitative estimate of drug-likeness (QED) is 0.693. The van der Waals surface area contributed by atoms with Gasteiger partial charge in [0.2, 0.25) is 0 Å². The topological polar surface area (TPSA) is 51.8 Å². The molecule has 2 N–H and O–H groups in total. The van der Waals surface area contributed by atoms with Crippen LogP contribution in [0.25, 0.3) is 22.0 Å². The minimum atomic E-state index is -1.25. The van der Waals surface area contributed by atoms with Gasteiger partial charge in [-0.25, -0.2) is 13.2 Å². The molecule has 0 unspecified atom stereocenters. The highest BCUT2D eigenvalue weighted by Gasteiger charge is 2.16. The zero-order chi connectivity index (χ0) is 14.3. The van der Waals surface area contributed by atoms with Crippen molar-refractivity contribution in [2.75, 3.05) is 5.73 Å². The summed E-state index contributed by atoms with van der Waals surface area (Å²) in [6.45, 7) is 0. The van der Waals surface area contributed by atoms with Crippen LogP contribution in [0, 0.1) is 17.5 Å². The van der Waals surface area contributed by atoms with Crippen molar-refractivity contribution in [3.63, 3.8) is 0 Å². The SMILES string of the molecule is Nc1nnc(-c2cc(F)c(F)cc2F)c2ccccc12. The lowest BCUT2D eigenvalue weighted by atomic mass is 10.0. The zero-order valence-electron chi connectivity index (χ0n) is 10.1. The molecule has 0 atom stereocenters. The van der Waals surface area contributed by atoms with Crippen molar-refractivity contribution in [1.29, 1.82) is 0 Å². The van der Waals surface area contributed by atoms with E-state index in [1.807, 2.05) is 0 Å². The van der Waals surface area contributed by atoms with Crippen LogP contribution in [0.15, 0.2) is 36.4 Å². The van der Waals surface area contributed by atoms with Crippen LogP contribution in [0.3, 0.4) is 0 Å². The van der Waals surface area contributed by atoms with Gasteiger partial charge in [-0.2, -0.15) is 0 Å². The summed E-state index contributed by atoms with van der Waals surface area (Å²) in [4.78, 5) is 0. The zero-order valence-corrected chi connectivity index (χ0v) is 10.1. The van der Waals surface area contributed by atoms with Crippen LogP contribution in [0.4, 0.5) is 19.0 Å². The molecule has 0 saturated carbocycles. The van der Waals surface area contributed by atoms with Crippen LogP contribution >= 0.6 is 0 Å². The predicted molar refractivity (Wildman–Crippen MR) is 69.3 cm³/mol. The largest absolute Gasteiger partial charge is 0.382 e. The summed E-state index contributed by atoms with van der Waals surface area (Å²) < 4.78 is 40.1. The average molecular weight is 275 g/mol. The van der Waals surface area contributed by atoms with E-state index in [2.05, 4.69) is 10.2 Å². The molecule has 1 aromatic heterocycles. The van der Waals surface area contributed by atoms with Gasteiger partial charge in [-0.3, -0.25) is 0 Å². The predicted octanol–water partition coefficient (Wildman–Crippen LogP) is 3.30. The van der Waals surface area contributed by atoms with Gasteiger partial charge in [0.1, 0.15) is 11.5 Å². The van der Waals surface area contributed by atoms with E-state index < -0.39 is 17.5 Å². The van der Waals surface area contributed by atoms with Gasteiger partial charge in [-0.05, 0) is 6.07 Å². The van der Waals surface area contributed by atoms with E-state index in [0.717, 1.165) is 6.07 Å². The summed E-state index contributed by atoms with van der Waals surface area (Å²) in [6.07, 6.45) is 0. The van der Waals surface area contributed by atoms with Gasteiger partial charge < -0.3 is 5.73 Å². The third-order valence-corrected chi connectivity index (χ3v) is 2.98. The van der Waals surface area contributed by atoms with Crippen molar-refractivity contribution in [2.24, 2.45) is 0 Å². The van der Waals surface area contributed by atoms with Gasteiger partial charge in [0.15, 0.2) is 17.5 Å². The second kappa shape index (κ2) is 4.48. The molecule has 100 valence electrons. The molecule has 1 heterocycles. The number of nitrogen functional groups attached to an aromatic ring is 1. The summed E-state index contributed by atoms with van der Waals surface area (Å²) in [6, 6.07) is 8.06. The first-order valence-corrected chi connectivity index (χ1v) is 5.73. The molecule has 0 aliphatic heterocycles. The lowest BCUT2D eigenvalue weighted by molar-refractivity contribution is 0.496. The molecule has 0 bridgehead atoms. The normalized spacial score (nSPS) is 10.9. The first-order valence-electron chi connectivity index (χ1n) is 5.73. The molecule has 20 heavy (non-hydrogen) atoms. The number of nitrogens with two attached hydrogens (primary N) is 1. The lowest BCUT2D eigenvalue weighted by Gasteiger charge is -2.08. The third-order valence-electron chi connectivity index (χ3n) is 2.98. The maximum absolute atomic E-state index is 13.8. The number of fused-ring (bicyclic) bond motifs is 1. The Labute approximate surface area is 111 Å². The Morgan fingerprint density at radius 3 is 2.20 bits per heavy atom. The Morgan fingerprint density at radius 2 is 1.45 bits per heavy atom. The summed E-state index contributed by atoms with van der Waals surface area (Å²) in [5, 5.41) is 8.62. The van der Waals surface area contributed by atoms with Gasteiger partial charge in [0.25, 0.3) is 0 Å². The maximum atomic E-state index is 13.8. The molecule has 0 aliphatic rings. The first-order chi connectivity index (χ1) is 9.58. The fourth-order valence-corrected chi connectivity index (χ4v) is 2.03. The Hall–Kier alpha value is -2.63. The number of halogens is 3. The van der Waals surface area contributed by atoms with Crippen molar-refractivity contribution in [2.45, 2.75) is 0 Å². The molecule has 0 spiro atoms. The fraction of sp³-hybridized carbons (Fsp3) is 0. The van der Waals surface area contributed by atoms with Gasteiger partial charge in [0, 0.05) is 22.4 Å². The summed E-state index contributed by atoms with van der Waals surface area (Å²) >= 11 is 0. The number of hydrogen-bond donors (Lipinski definition) is 1. The second-order valence-corrected chi connectivity index (χ2v) is 4.23. The number of rotatable bonds is 1. The van der Waals surface area contributed by atoms with Crippen LogP contribution in [0.2, 0.25) is 0 Å². The molecule has 6 heteroatoms. The van der Waals surface area contributed by atoms with E-state index in [4.69, 9.17) is 5.73 Å². The Balaban J connectivity index is 2.36. The number of anilines is 1. The van der Waals surface area contributed by atoms with Crippen LogP contribution in [-0.2, 0) is 0 Å². The monoisotopic (exact) mass is 275 g/mol. The molecule has 2 aromatic carbocycles. The van der Waals surface area contributed by atoms with E-state index in [1.165, 1.54) is 0 Å². The third kappa shape index (κ3) is 1.85. The number of hydrogen-bond acceptors (Lipinski definition) is 3. The van der Waals surface area contributed by atoms with E-state index in [0.29, 0.717) is 16.8 Å². The minimum absolute atomic E-state index is 0.117. The smallest absolute Gasteiger partial charge is 0.161 e. The van der Waals surface area contributed by atoms with Crippen molar-refractivity contribution in [1.82, 2.24) is 10.2 Å². The maximum Gasteiger partial charge on any atom is 0.161 e. The van der Waals surface area contributed by atoms with Crippen molar-refractivity contribution >= 4 is 16.6 Å². The van der Waals surface area contributed by atoms with Gasteiger partial charge >= 0.3 is 0 Å². The minimum Gasteiger partial charge on any atom is -0.382 e. The van der Waals surface area contributed by atoms with Crippen LogP contribution < -0.4 is 5.73 Å². The summed E-state index contributed by atoms with van der Waals surface area (Å²) in [7, 11) is 0. The molecule has 3 rings (SSSR count). The van der Waals surface area contributed by atoms with E-state index in [-0.39, 0.29) is 17.1 Å². The standard InChI is InChI=1S/C14H8F3N3/c15-10-6-12(17)11(16)5-9(10)13-7-3-1-2-4-8(7)14(18)20-19-13/h1-6H,(H2,18,20). The number of aromatic nitrogens is 2. The van der Waals surface area contributed by atoms with Crippen molar-refractivity contribution < 1.29 is 13.2 Å². The van der Waals surface area contributed by atoms with Gasteiger partial charge in [-0.1, -0.05) is 24.3 Å². The van der Waals surface area contributed by atoms with Crippen molar-refractivity contribution in [3.05, 3.63) is 53.8 Å². The Bertz CT molecular complexity index is 818. The molecule has 0 radical (unpaired) electrons. The highest BCUT2D eigenvalue weighted by Crippen LogP contribution is 2.31. The molecular formula is C14H8F3N3. The molecule has 3 nitrogen and oxygen atoms in total. The van der Waals surface area contributed by atoms with Crippen LogP contribution in [-0.4, -0.2) is 10.2 Å². The van der Waals surface area contributed by atoms with Crippen LogP contribution in [0.5, 0.6) is 0 Å². The van der Waals surface area contributed by atoms with Gasteiger partial charge in [0.05, 0.1) is 0 Å². The lowest BCUT2D eigenvalue weighted by Crippen LogP contribution is -1.99. The summed E-state index contributed by atoms with van der Waals surface area (Å²) in [5.41, 5.74) is 5.65. The van der Waals surface area contributed by atoms with Gasteiger partial charge in [-0.15, -0.1) is 10.2 Å². The van der Waals surface area contributed by atoms with Crippen LogP contribution in [0.1, 0.15) is 0 Å². The summed E-state index contributed by atoms with van der Waals surface area (Å²) in [5.74, 6) is -3.12. The van der Waals surface area contributed by atoms with E-state index in [1.54, 1.807) is 24.3 Å². The molecular weight excluding hydrogens is 267 g/mol. The Kier molecular flexibility index (Phi) is 2.78. The van der Waals surface area contributed by atoms with E-state index >= 15 is 0 Å². The Morgan fingerprint density at radius 1 is 0.800 bits per heavy atom. The average Bonchev–Trinajstić information content (AvgIpc) is 2.44. The highest BCUT2D eigenvalue weighted by molar-refractivity contribution is 5.99. The van der Waals surface area contributed by atoms with Crippen molar-refractivity contribution in [3.8, 4) is 11.3 Å². The highest BCUT2D eigenvalue weighted by atomic mass is 19.2. The second-order valence-electron chi connectivity index (χ2n) is 4.23. The molecule has 0 aliphatic carbocycles. The molecule has 0 amide bonds. The molecule has 0 saturated heterocycles. The molecule has 3 aromatic rings.